The van der Waals surface area contributed by atoms with Gasteiger partial charge in [-0.2, -0.15) is 0 Å². The lowest BCUT2D eigenvalue weighted by Crippen LogP contribution is -1.80. The van der Waals surface area contributed by atoms with Gasteiger partial charge in [0, 0.05) is 17.3 Å². The molecule has 3 rings (SSSR count). The standard InChI is InChI=1S/C12H11N3O/c1-8-5-12-13-11(7-15(12)14-8)9-3-2-4-10(16)6-9/h2-7,14,16H,1H3. The third kappa shape index (κ3) is 1.35. The molecule has 16 heavy (non-hydrogen) atoms. The van der Waals surface area contributed by atoms with E-state index in [2.05, 4.69) is 10.1 Å². The molecular formula is C12H11N3O. The topological polar surface area (TPSA) is 53.3 Å². The molecule has 1 aromatic carbocycles. The quantitative estimate of drug-likeness (QED) is 0.652. The second-order valence-corrected chi connectivity index (χ2v) is 3.84. The van der Waals surface area contributed by atoms with Gasteiger partial charge in [0.15, 0.2) is 5.65 Å². The summed E-state index contributed by atoms with van der Waals surface area (Å²) in [5.41, 5.74) is 3.72. The van der Waals surface area contributed by atoms with E-state index in [1.807, 2.05) is 35.8 Å². The number of aromatic nitrogens is 3. The van der Waals surface area contributed by atoms with Crippen molar-refractivity contribution in [1.82, 2.24) is 14.6 Å². The fourth-order valence-electron chi connectivity index (χ4n) is 1.81. The fourth-order valence-corrected chi connectivity index (χ4v) is 1.81. The summed E-state index contributed by atoms with van der Waals surface area (Å²) in [7, 11) is 0. The smallest absolute Gasteiger partial charge is 0.153 e. The first kappa shape index (κ1) is 9.03. The minimum Gasteiger partial charge on any atom is -0.508 e. The van der Waals surface area contributed by atoms with Crippen molar-refractivity contribution in [1.29, 1.82) is 0 Å². The van der Waals surface area contributed by atoms with Crippen molar-refractivity contribution < 1.29 is 5.11 Å². The number of nitrogens with zero attached hydrogens (tertiary/aromatic N) is 2. The lowest BCUT2D eigenvalue weighted by molar-refractivity contribution is 0.475. The van der Waals surface area contributed by atoms with Crippen molar-refractivity contribution in [3.63, 3.8) is 0 Å². The van der Waals surface area contributed by atoms with Gasteiger partial charge in [0.05, 0.1) is 11.9 Å². The summed E-state index contributed by atoms with van der Waals surface area (Å²) >= 11 is 0. The number of aromatic amines is 1. The fraction of sp³-hybridized carbons (Fsp3) is 0.0833. The van der Waals surface area contributed by atoms with Gasteiger partial charge < -0.3 is 5.11 Å². The summed E-state index contributed by atoms with van der Waals surface area (Å²) in [5.74, 6) is 0.255. The molecule has 0 radical (unpaired) electrons. The van der Waals surface area contributed by atoms with Gasteiger partial charge in [-0.3, -0.25) is 5.10 Å². The first-order valence-corrected chi connectivity index (χ1v) is 5.06. The van der Waals surface area contributed by atoms with E-state index in [0.29, 0.717) is 0 Å². The number of rotatable bonds is 1. The van der Waals surface area contributed by atoms with Crippen molar-refractivity contribution in [3.05, 3.63) is 42.2 Å². The van der Waals surface area contributed by atoms with E-state index in [1.54, 1.807) is 12.1 Å². The second-order valence-electron chi connectivity index (χ2n) is 3.84. The number of aromatic hydroxyl groups is 1. The van der Waals surface area contributed by atoms with Gasteiger partial charge >= 0.3 is 0 Å². The Kier molecular flexibility index (Phi) is 1.77. The zero-order valence-corrected chi connectivity index (χ0v) is 8.81. The predicted molar refractivity (Wildman–Crippen MR) is 61.4 cm³/mol. The molecule has 0 atom stereocenters. The number of fused-ring (bicyclic) bond motifs is 1. The minimum atomic E-state index is 0.255. The molecule has 0 unspecified atom stereocenters. The Hall–Kier alpha value is -2.23. The molecule has 0 spiro atoms. The van der Waals surface area contributed by atoms with Crippen LogP contribution in [0.25, 0.3) is 16.9 Å². The third-order valence-corrected chi connectivity index (χ3v) is 2.52. The van der Waals surface area contributed by atoms with Crippen molar-refractivity contribution in [2.75, 3.05) is 0 Å². The van der Waals surface area contributed by atoms with Crippen LogP contribution in [0, 0.1) is 6.92 Å². The van der Waals surface area contributed by atoms with Gasteiger partial charge in [-0.15, -0.1) is 0 Å². The number of phenolic OH excluding ortho intramolecular Hbond substituents is 1. The van der Waals surface area contributed by atoms with Crippen molar-refractivity contribution in [2.45, 2.75) is 6.92 Å². The Balaban J connectivity index is 2.15. The van der Waals surface area contributed by atoms with Crippen LogP contribution in [0.1, 0.15) is 5.69 Å². The number of aryl methyl sites for hydroxylation is 1. The lowest BCUT2D eigenvalue weighted by Gasteiger charge is -1.96. The Labute approximate surface area is 92.2 Å². The highest BCUT2D eigenvalue weighted by Crippen LogP contribution is 2.22. The monoisotopic (exact) mass is 213 g/mol. The molecule has 4 heteroatoms. The molecule has 0 bridgehead atoms. The number of hydrogen-bond acceptors (Lipinski definition) is 2. The van der Waals surface area contributed by atoms with E-state index < -0.39 is 0 Å². The average Bonchev–Trinajstić information content (AvgIpc) is 2.74. The first-order chi connectivity index (χ1) is 7.72. The van der Waals surface area contributed by atoms with Gasteiger partial charge in [-0.25, -0.2) is 9.50 Å². The molecule has 2 N–H and O–H groups in total. The van der Waals surface area contributed by atoms with Crippen LogP contribution >= 0.6 is 0 Å². The maximum Gasteiger partial charge on any atom is 0.153 e. The van der Waals surface area contributed by atoms with Crippen LogP contribution in [-0.4, -0.2) is 19.7 Å². The van der Waals surface area contributed by atoms with Crippen LogP contribution in [0.5, 0.6) is 5.75 Å². The number of nitrogens with one attached hydrogen (secondary N) is 1. The zero-order chi connectivity index (χ0) is 11.1. The highest BCUT2D eigenvalue weighted by Gasteiger charge is 2.06. The minimum absolute atomic E-state index is 0.255. The Morgan fingerprint density at radius 3 is 2.94 bits per heavy atom. The maximum atomic E-state index is 9.40. The van der Waals surface area contributed by atoms with Gasteiger partial charge in [-0.05, 0) is 19.1 Å². The highest BCUT2D eigenvalue weighted by molar-refractivity contribution is 5.64. The summed E-state index contributed by atoms with van der Waals surface area (Å²) in [6, 6.07) is 9.06. The molecule has 0 saturated carbocycles. The zero-order valence-electron chi connectivity index (χ0n) is 8.81. The SMILES string of the molecule is Cc1cc2nc(-c3cccc(O)c3)cn2[nH]1. The van der Waals surface area contributed by atoms with Gasteiger partial charge in [0.2, 0.25) is 0 Å². The van der Waals surface area contributed by atoms with Gasteiger partial charge in [0.1, 0.15) is 5.75 Å². The summed E-state index contributed by atoms with van der Waals surface area (Å²) < 4.78 is 1.87. The van der Waals surface area contributed by atoms with Crippen molar-refractivity contribution >= 4 is 5.65 Å². The van der Waals surface area contributed by atoms with Crippen LogP contribution in [0.2, 0.25) is 0 Å². The molecule has 0 fully saturated rings. The number of phenols is 1. The van der Waals surface area contributed by atoms with E-state index >= 15 is 0 Å². The number of imidazole rings is 1. The maximum absolute atomic E-state index is 9.40. The molecule has 3 aromatic rings. The molecular weight excluding hydrogens is 202 g/mol. The van der Waals surface area contributed by atoms with Crippen molar-refractivity contribution in [2.24, 2.45) is 0 Å². The number of hydrogen-bond donors (Lipinski definition) is 2. The van der Waals surface area contributed by atoms with Crippen LogP contribution in [0.3, 0.4) is 0 Å². The summed E-state index contributed by atoms with van der Waals surface area (Å²) in [6.07, 6.45) is 1.91. The average molecular weight is 213 g/mol. The molecule has 0 aliphatic heterocycles. The third-order valence-electron chi connectivity index (χ3n) is 2.52. The Bertz CT molecular complexity index is 620. The van der Waals surface area contributed by atoms with Gasteiger partial charge in [-0.1, -0.05) is 12.1 Å². The molecule has 0 saturated heterocycles. The molecule has 2 heterocycles. The van der Waals surface area contributed by atoms with Crippen LogP contribution in [-0.2, 0) is 0 Å². The second kappa shape index (κ2) is 3.13. The normalized spacial score (nSPS) is 11.1. The summed E-state index contributed by atoms with van der Waals surface area (Å²) in [4.78, 5) is 4.47. The highest BCUT2D eigenvalue weighted by atomic mass is 16.3. The first-order valence-electron chi connectivity index (χ1n) is 5.06. The van der Waals surface area contributed by atoms with Crippen LogP contribution in [0.15, 0.2) is 36.5 Å². The molecule has 0 aliphatic carbocycles. The van der Waals surface area contributed by atoms with Gasteiger partial charge in [0.25, 0.3) is 0 Å². The Morgan fingerprint density at radius 2 is 2.19 bits per heavy atom. The Morgan fingerprint density at radius 1 is 1.31 bits per heavy atom. The van der Waals surface area contributed by atoms with E-state index in [9.17, 15) is 5.11 Å². The molecule has 0 amide bonds. The number of H-pyrrole nitrogens is 1. The van der Waals surface area contributed by atoms with E-state index in [0.717, 1.165) is 22.6 Å². The lowest BCUT2D eigenvalue weighted by atomic mass is 10.1. The van der Waals surface area contributed by atoms with E-state index in [-0.39, 0.29) is 5.75 Å². The summed E-state index contributed by atoms with van der Waals surface area (Å²) in [5, 5.41) is 12.6. The molecule has 2 aromatic heterocycles. The molecule has 0 aliphatic rings. The number of benzene rings is 1. The predicted octanol–water partition coefficient (Wildman–Crippen LogP) is 2.34. The van der Waals surface area contributed by atoms with Crippen LogP contribution < -0.4 is 0 Å². The summed E-state index contributed by atoms with van der Waals surface area (Å²) in [6.45, 7) is 1.99. The van der Waals surface area contributed by atoms with Crippen LogP contribution in [0.4, 0.5) is 0 Å². The van der Waals surface area contributed by atoms with Crippen molar-refractivity contribution in [3.8, 4) is 17.0 Å². The molecule has 80 valence electrons. The van der Waals surface area contributed by atoms with E-state index in [4.69, 9.17) is 0 Å². The molecule has 4 nitrogen and oxygen atoms in total. The largest absolute Gasteiger partial charge is 0.508 e. The van der Waals surface area contributed by atoms with E-state index in [1.165, 1.54) is 0 Å².